The van der Waals surface area contributed by atoms with Crippen LogP contribution in [-0.2, 0) is 30.8 Å². The van der Waals surface area contributed by atoms with Crippen LogP contribution in [0.4, 0.5) is 23.4 Å². The molecule has 0 unspecified atom stereocenters. The normalized spacial score (nSPS) is 11.3. The van der Waals surface area contributed by atoms with E-state index in [9.17, 15) is 32.3 Å². The molecule has 0 aliphatic heterocycles. The first-order valence-corrected chi connectivity index (χ1v) is 12.2. The first-order chi connectivity index (χ1) is 19.5. The molecule has 3 N–H and O–H groups in total. The SMILES string of the molecule is O=C(Cc1cccc(OC(F)(F)F)c1)Nc1cn(CCCCn2cc(C(=O)NCc3cc(O)ccc3F)nn2)nn1. The van der Waals surface area contributed by atoms with Crippen LogP contribution >= 0.6 is 0 Å². The maximum Gasteiger partial charge on any atom is 0.573 e. The number of anilines is 1. The molecule has 2 aromatic carbocycles. The zero-order valence-corrected chi connectivity index (χ0v) is 21.3. The van der Waals surface area contributed by atoms with E-state index in [4.69, 9.17) is 0 Å². The molecule has 0 saturated carbocycles. The lowest BCUT2D eigenvalue weighted by atomic mass is 10.1. The highest BCUT2D eigenvalue weighted by molar-refractivity contribution is 5.92. The Balaban J connectivity index is 1.17. The number of hydrogen-bond donors (Lipinski definition) is 3. The minimum atomic E-state index is -4.83. The number of carbonyl (C=O) groups is 2. The van der Waals surface area contributed by atoms with Crippen molar-refractivity contribution in [3.8, 4) is 11.5 Å². The number of aryl methyl sites for hydroxylation is 2. The van der Waals surface area contributed by atoms with E-state index in [0.29, 0.717) is 31.5 Å². The fourth-order valence-corrected chi connectivity index (χ4v) is 3.71. The van der Waals surface area contributed by atoms with Crippen molar-refractivity contribution >= 4 is 17.6 Å². The van der Waals surface area contributed by atoms with Gasteiger partial charge in [-0.15, -0.1) is 23.4 Å². The van der Waals surface area contributed by atoms with E-state index in [1.807, 2.05) is 0 Å². The number of amides is 2. The number of benzene rings is 2. The second-order valence-corrected chi connectivity index (χ2v) is 8.82. The Morgan fingerprint density at radius 3 is 2.46 bits per heavy atom. The summed E-state index contributed by atoms with van der Waals surface area (Å²) in [5.41, 5.74) is 0.518. The van der Waals surface area contributed by atoms with Gasteiger partial charge < -0.3 is 20.5 Å². The average Bonchev–Trinajstić information content (AvgIpc) is 3.56. The Morgan fingerprint density at radius 1 is 0.976 bits per heavy atom. The summed E-state index contributed by atoms with van der Waals surface area (Å²) in [7, 11) is 0. The Morgan fingerprint density at radius 2 is 1.71 bits per heavy atom. The molecule has 41 heavy (non-hydrogen) atoms. The summed E-state index contributed by atoms with van der Waals surface area (Å²) in [5, 5.41) is 30.1. The molecule has 2 heterocycles. The van der Waals surface area contributed by atoms with E-state index >= 15 is 0 Å². The number of aromatic hydroxyl groups is 1. The van der Waals surface area contributed by atoms with Crippen molar-refractivity contribution in [3.05, 3.63) is 77.5 Å². The lowest BCUT2D eigenvalue weighted by Gasteiger charge is -2.09. The molecule has 12 nitrogen and oxygen atoms in total. The predicted octanol–water partition coefficient (Wildman–Crippen LogP) is 3.20. The lowest BCUT2D eigenvalue weighted by Crippen LogP contribution is -2.23. The number of nitrogens with zero attached hydrogens (tertiary/aromatic N) is 6. The molecule has 16 heteroatoms. The van der Waals surface area contributed by atoms with Crippen LogP contribution in [0.5, 0.6) is 11.5 Å². The number of alkyl halides is 3. The summed E-state index contributed by atoms with van der Waals surface area (Å²) >= 11 is 0. The zero-order valence-electron chi connectivity index (χ0n) is 21.3. The maximum absolute atomic E-state index is 13.8. The van der Waals surface area contributed by atoms with Gasteiger partial charge in [-0.3, -0.25) is 19.0 Å². The largest absolute Gasteiger partial charge is 0.573 e. The third-order valence-electron chi connectivity index (χ3n) is 5.57. The third-order valence-corrected chi connectivity index (χ3v) is 5.57. The number of halogens is 4. The molecule has 0 atom stereocenters. The van der Waals surface area contributed by atoms with Crippen LogP contribution < -0.4 is 15.4 Å². The fraction of sp³-hybridized carbons (Fsp3) is 0.280. The van der Waals surface area contributed by atoms with E-state index < -0.39 is 29.7 Å². The van der Waals surface area contributed by atoms with Gasteiger partial charge in [0.1, 0.15) is 17.3 Å². The topological polar surface area (TPSA) is 149 Å². The predicted molar refractivity (Wildman–Crippen MR) is 134 cm³/mol. The maximum atomic E-state index is 13.8. The third kappa shape index (κ3) is 9.01. The molecule has 0 spiro atoms. The van der Waals surface area contributed by atoms with Crippen LogP contribution in [0.15, 0.2) is 54.9 Å². The minimum Gasteiger partial charge on any atom is -0.508 e. The van der Waals surface area contributed by atoms with Crippen LogP contribution in [0, 0.1) is 5.82 Å². The van der Waals surface area contributed by atoms with Crippen molar-refractivity contribution in [2.24, 2.45) is 0 Å². The molecule has 2 amide bonds. The molecule has 0 saturated heterocycles. The van der Waals surface area contributed by atoms with Gasteiger partial charge in [0.2, 0.25) is 5.91 Å². The number of rotatable bonds is 12. The molecule has 4 rings (SSSR count). The summed E-state index contributed by atoms with van der Waals surface area (Å²) in [6.07, 6.45) is -0.729. The highest BCUT2D eigenvalue weighted by atomic mass is 19.4. The molecule has 0 aliphatic rings. The van der Waals surface area contributed by atoms with Gasteiger partial charge in [0.15, 0.2) is 11.5 Å². The van der Waals surface area contributed by atoms with Crippen molar-refractivity contribution in [1.29, 1.82) is 0 Å². The molecule has 0 bridgehead atoms. The molecule has 0 aliphatic carbocycles. The monoisotopic (exact) mass is 576 g/mol. The van der Waals surface area contributed by atoms with Crippen molar-refractivity contribution in [1.82, 2.24) is 35.3 Å². The highest BCUT2D eigenvalue weighted by Crippen LogP contribution is 2.23. The second kappa shape index (κ2) is 12.9. The Bertz CT molecular complexity index is 1500. The van der Waals surface area contributed by atoms with Crippen LogP contribution in [0.25, 0.3) is 0 Å². The fourth-order valence-electron chi connectivity index (χ4n) is 3.71. The van der Waals surface area contributed by atoms with Crippen molar-refractivity contribution < 1.29 is 37.0 Å². The summed E-state index contributed by atoms with van der Waals surface area (Å²) in [6.45, 7) is 0.796. The van der Waals surface area contributed by atoms with Crippen LogP contribution in [0.3, 0.4) is 0 Å². The van der Waals surface area contributed by atoms with Gasteiger partial charge >= 0.3 is 6.36 Å². The number of nitrogens with one attached hydrogen (secondary N) is 2. The van der Waals surface area contributed by atoms with Crippen LogP contribution in [-0.4, -0.2) is 53.3 Å². The first-order valence-electron chi connectivity index (χ1n) is 12.2. The molecule has 0 radical (unpaired) electrons. The number of phenolic OH excluding ortho intramolecular Hbond substituents is 1. The Labute approximate surface area is 229 Å². The number of unbranched alkanes of at least 4 members (excludes halogenated alkanes) is 1. The van der Waals surface area contributed by atoms with E-state index in [0.717, 1.165) is 18.2 Å². The van der Waals surface area contributed by atoms with E-state index in [1.54, 1.807) is 0 Å². The van der Waals surface area contributed by atoms with Gasteiger partial charge in [-0.25, -0.2) is 4.39 Å². The summed E-state index contributed by atoms with van der Waals surface area (Å²) in [4.78, 5) is 24.6. The zero-order chi connectivity index (χ0) is 29.4. The van der Waals surface area contributed by atoms with Crippen molar-refractivity contribution in [2.45, 2.75) is 45.3 Å². The smallest absolute Gasteiger partial charge is 0.508 e. The van der Waals surface area contributed by atoms with E-state index in [2.05, 4.69) is 36.0 Å². The first kappa shape index (κ1) is 29.0. The molecule has 216 valence electrons. The number of phenols is 1. The van der Waals surface area contributed by atoms with Gasteiger partial charge in [-0.2, -0.15) is 0 Å². The second-order valence-electron chi connectivity index (χ2n) is 8.82. The standard InChI is InChI=1S/C25H24F4N8O4/c26-20-7-6-18(38)12-17(20)13-30-24(40)21-14-36(34-32-21)8-1-2-9-37-15-22(33-35-37)31-23(39)11-16-4-3-5-19(10-16)41-25(27,28)29/h3-7,10,12,14-15,38H,1-2,8-9,11,13H2,(H,30,40)(H,31,39). The molecule has 4 aromatic rings. The molecule has 2 aromatic heterocycles. The van der Waals surface area contributed by atoms with Gasteiger partial charge in [0.25, 0.3) is 5.91 Å². The minimum absolute atomic E-state index is 0.0572. The summed E-state index contributed by atoms with van der Waals surface area (Å²) in [5.74, 6) is -1.93. The Hall–Kier alpha value is -5.02. The van der Waals surface area contributed by atoms with Gasteiger partial charge in [-0.05, 0) is 48.7 Å². The van der Waals surface area contributed by atoms with Crippen molar-refractivity contribution in [3.63, 3.8) is 0 Å². The van der Waals surface area contributed by atoms with Crippen LogP contribution in [0.2, 0.25) is 0 Å². The van der Waals surface area contributed by atoms with Gasteiger partial charge in [0.05, 0.1) is 18.8 Å². The lowest BCUT2D eigenvalue weighted by molar-refractivity contribution is -0.274. The summed E-state index contributed by atoms with van der Waals surface area (Å²) in [6, 6.07) is 8.67. The number of aromatic nitrogens is 6. The highest BCUT2D eigenvalue weighted by Gasteiger charge is 2.31. The Kier molecular flexibility index (Phi) is 9.11. The molecular weight excluding hydrogens is 552 g/mol. The number of carbonyl (C=O) groups excluding carboxylic acids is 2. The van der Waals surface area contributed by atoms with Gasteiger partial charge in [-0.1, -0.05) is 22.6 Å². The van der Waals surface area contributed by atoms with E-state index in [1.165, 1.54) is 46.0 Å². The van der Waals surface area contributed by atoms with Crippen molar-refractivity contribution in [2.75, 3.05) is 5.32 Å². The molecule has 0 fully saturated rings. The number of ether oxygens (including phenoxy) is 1. The van der Waals surface area contributed by atoms with Gasteiger partial charge in [0, 0.05) is 25.2 Å². The summed E-state index contributed by atoms with van der Waals surface area (Å²) < 4.78 is 57.8. The van der Waals surface area contributed by atoms with E-state index in [-0.39, 0.29) is 35.8 Å². The average molecular weight is 577 g/mol. The molecular formula is C25H24F4N8O4. The number of hydrogen-bond acceptors (Lipinski definition) is 8. The van der Waals surface area contributed by atoms with Crippen LogP contribution in [0.1, 0.15) is 34.5 Å². The quantitative estimate of drug-likeness (QED) is 0.172.